The molecule has 0 aliphatic carbocycles. The van der Waals surface area contributed by atoms with Gasteiger partial charge in [-0.25, -0.2) is 0 Å². The van der Waals surface area contributed by atoms with E-state index in [1.165, 1.54) is 36.0 Å². The molecule has 2 rings (SSSR count). The summed E-state index contributed by atoms with van der Waals surface area (Å²) in [5, 5.41) is 0. The Labute approximate surface area is 98.1 Å². The highest BCUT2D eigenvalue weighted by atomic mass is 16.5. The van der Waals surface area contributed by atoms with Crippen LogP contribution in [0.1, 0.15) is 43.2 Å². The topological polar surface area (TPSA) is 9.23 Å². The van der Waals surface area contributed by atoms with Crippen molar-refractivity contribution in [3.8, 4) is 0 Å². The van der Waals surface area contributed by atoms with Crippen LogP contribution < -0.4 is 0 Å². The van der Waals surface area contributed by atoms with Crippen LogP contribution in [0.4, 0.5) is 0 Å². The van der Waals surface area contributed by atoms with E-state index >= 15 is 0 Å². The van der Waals surface area contributed by atoms with Crippen molar-refractivity contribution in [2.45, 2.75) is 38.7 Å². The van der Waals surface area contributed by atoms with Gasteiger partial charge in [-0.2, -0.15) is 0 Å². The molecule has 1 aromatic carbocycles. The molecule has 0 amide bonds. The van der Waals surface area contributed by atoms with Crippen LogP contribution in [0.15, 0.2) is 30.5 Å². The second kappa shape index (κ2) is 5.74. The van der Waals surface area contributed by atoms with Crippen molar-refractivity contribution < 1.29 is 4.74 Å². The maximum absolute atomic E-state index is 5.49. The number of hydrogen-bond acceptors (Lipinski definition) is 1. The number of ether oxygens (including phenoxy) is 1. The summed E-state index contributed by atoms with van der Waals surface area (Å²) in [7, 11) is 0. The van der Waals surface area contributed by atoms with E-state index in [1.807, 2.05) is 6.26 Å². The lowest BCUT2D eigenvalue weighted by molar-refractivity contribution is 0.232. The molecule has 1 nitrogen and oxygen atoms in total. The summed E-state index contributed by atoms with van der Waals surface area (Å²) in [6.45, 7) is 4.59. The summed E-state index contributed by atoms with van der Waals surface area (Å²) >= 11 is 0. The van der Waals surface area contributed by atoms with Crippen LogP contribution in [-0.2, 0) is 11.3 Å². The molecule has 0 bridgehead atoms. The molecule has 0 spiro atoms. The van der Waals surface area contributed by atoms with Crippen LogP contribution in [0.2, 0.25) is 0 Å². The van der Waals surface area contributed by atoms with E-state index in [0.717, 1.165) is 19.4 Å². The molecule has 1 aliphatic rings. The monoisotopic (exact) mass is 215 g/mol. The molecule has 1 heterocycles. The first kappa shape index (κ1) is 11.3. The van der Waals surface area contributed by atoms with Crippen LogP contribution in [0, 0.1) is 6.92 Å². The second-order valence-corrected chi connectivity index (χ2v) is 4.28. The molecule has 1 heteroatoms. The van der Waals surface area contributed by atoms with Crippen LogP contribution in [0.5, 0.6) is 0 Å². The molecule has 0 saturated carbocycles. The van der Waals surface area contributed by atoms with E-state index < -0.39 is 0 Å². The molecular weight excluding hydrogens is 196 g/mol. The Morgan fingerprint density at radius 2 is 2.00 bits per heavy atom. The minimum absolute atomic E-state index is 0.721. The molecule has 0 atom stereocenters. The smallest absolute Gasteiger partial charge is 0.113 e. The summed E-state index contributed by atoms with van der Waals surface area (Å²) < 4.78 is 5.49. The Morgan fingerprint density at radius 3 is 2.88 bits per heavy atom. The Bertz CT molecular complexity index is 365. The Hall–Kier alpha value is -1.24. The van der Waals surface area contributed by atoms with E-state index in [4.69, 9.17) is 4.74 Å². The average molecular weight is 215 g/mol. The standard InChI is InChI=1S/C15H19O/c1-2-3-4-5-8-13-11-16-12-14-9-6-7-10-15(13)14/h6-7,9-11H,1-5,8,12H2. The van der Waals surface area contributed by atoms with Gasteiger partial charge >= 0.3 is 0 Å². The predicted molar refractivity (Wildman–Crippen MR) is 67.7 cm³/mol. The molecule has 0 saturated heterocycles. The highest BCUT2D eigenvalue weighted by molar-refractivity contribution is 5.68. The molecule has 0 aromatic heterocycles. The van der Waals surface area contributed by atoms with Crippen molar-refractivity contribution in [2.24, 2.45) is 0 Å². The van der Waals surface area contributed by atoms with E-state index in [9.17, 15) is 0 Å². The van der Waals surface area contributed by atoms with Gasteiger partial charge in [-0.05, 0) is 29.5 Å². The third-order valence-corrected chi connectivity index (χ3v) is 3.02. The lowest BCUT2D eigenvalue weighted by Crippen LogP contribution is -2.01. The summed E-state index contributed by atoms with van der Waals surface area (Å²) in [6.07, 6.45) is 7.84. The first-order chi connectivity index (χ1) is 7.92. The van der Waals surface area contributed by atoms with Crippen LogP contribution >= 0.6 is 0 Å². The van der Waals surface area contributed by atoms with Crippen LogP contribution in [0.3, 0.4) is 0 Å². The summed E-state index contributed by atoms with van der Waals surface area (Å²) in [5.41, 5.74) is 4.05. The molecule has 1 aromatic rings. The van der Waals surface area contributed by atoms with Gasteiger partial charge in [0.25, 0.3) is 0 Å². The first-order valence-electron chi connectivity index (χ1n) is 6.10. The second-order valence-electron chi connectivity index (χ2n) is 4.28. The van der Waals surface area contributed by atoms with Gasteiger partial charge in [0.15, 0.2) is 0 Å². The van der Waals surface area contributed by atoms with E-state index in [0.29, 0.717) is 0 Å². The zero-order chi connectivity index (χ0) is 11.2. The highest BCUT2D eigenvalue weighted by Gasteiger charge is 2.11. The highest BCUT2D eigenvalue weighted by Crippen LogP contribution is 2.28. The lowest BCUT2D eigenvalue weighted by atomic mass is 9.95. The summed E-state index contributed by atoms with van der Waals surface area (Å²) in [5.74, 6) is 0. The van der Waals surface area contributed by atoms with Gasteiger partial charge in [-0.1, -0.05) is 50.5 Å². The minimum atomic E-state index is 0.721. The molecule has 0 fully saturated rings. The van der Waals surface area contributed by atoms with Crippen LogP contribution in [-0.4, -0.2) is 0 Å². The van der Waals surface area contributed by atoms with Crippen molar-refractivity contribution in [1.82, 2.24) is 0 Å². The fraction of sp³-hybridized carbons (Fsp3) is 0.400. The normalized spacial score (nSPS) is 13.9. The maximum Gasteiger partial charge on any atom is 0.113 e. The van der Waals surface area contributed by atoms with E-state index in [2.05, 4.69) is 31.2 Å². The van der Waals surface area contributed by atoms with Crippen molar-refractivity contribution in [3.63, 3.8) is 0 Å². The van der Waals surface area contributed by atoms with Crippen LogP contribution in [0.25, 0.3) is 5.57 Å². The number of benzene rings is 1. The van der Waals surface area contributed by atoms with Gasteiger partial charge in [0.2, 0.25) is 0 Å². The summed E-state index contributed by atoms with van der Waals surface area (Å²) in [6, 6.07) is 8.53. The van der Waals surface area contributed by atoms with Gasteiger partial charge in [-0.3, -0.25) is 0 Å². The number of fused-ring (bicyclic) bond motifs is 1. The Balaban J connectivity index is 1.97. The predicted octanol–water partition coefficient (Wildman–Crippen LogP) is 4.34. The Kier molecular flexibility index (Phi) is 4.03. The largest absolute Gasteiger partial charge is 0.496 e. The van der Waals surface area contributed by atoms with E-state index in [-0.39, 0.29) is 0 Å². The quantitative estimate of drug-likeness (QED) is 0.664. The molecule has 0 N–H and O–H groups in total. The molecule has 16 heavy (non-hydrogen) atoms. The fourth-order valence-corrected chi connectivity index (χ4v) is 2.12. The number of hydrogen-bond donors (Lipinski definition) is 0. The van der Waals surface area contributed by atoms with Crippen molar-refractivity contribution >= 4 is 5.57 Å². The van der Waals surface area contributed by atoms with Crippen molar-refractivity contribution in [2.75, 3.05) is 0 Å². The molecule has 0 unspecified atom stereocenters. The number of rotatable bonds is 5. The first-order valence-corrected chi connectivity index (χ1v) is 6.10. The maximum atomic E-state index is 5.49. The Morgan fingerprint density at radius 1 is 1.12 bits per heavy atom. The molecular formula is C15H19O. The van der Waals surface area contributed by atoms with Gasteiger partial charge in [0.05, 0.1) is 6.26 Å². The van der Waals surface area contributed by atoms with Gasteiger partial charge in [0, 0.05) is 0 Å². The molecule has 85 valence electrons. The SMILES string of the molecule is [CH2]CCCCCC1=COCc2ccccc21. The summed E-state index contributed by atoms with van der Waals surface area (Å²) in [4.78, 5) is 0. The van der Waals surface area contributed by atoms with E-state index in [1.54, 1.807) is 0 Å². The van der Waals surface area contributed by atoms with Gasteiger partial charge in [-0.15, -0.1) is 0 Å². The zero-order valence-corrected chi connectivity index (χ0v) is 9.74. The minimum Gasteiger partial charge on any atom is -0.496 e. The third kappa shape index (κ3) is 2.66. The van der Waals surface area contributed by atoms with Gasteiger partial charge in [0.1, 0.15) is 6.61 Å². The number of unbranched alkanes of at least 4 members (excludes halogenated alkanes) is 3. The molecule has 1 radical (unpaired) electrons. The third-order valence-electron chi connectivity index (χ3n) is 3.02. The van der Waals surface area contributed by atoms with Crippen molar-refractivity contribution in [1.29, 1.82) is 0 Å². The average Bonchev–Trinajstić information content (AvgIpc) is 2.35. The number of allylic oxidation sites excluding steroid dienone is 1. The van der Waals surface area contributed by atoms with Crippen molar-refractivity contribution in [3.05, 3.63) is 48.6 Å². The zero-order valence-electron chi connectivity index (χ0n) is 9.74. The van der Waals surface area contributed by atoms with Gasteiger partial charge < -0.3 is 4.74 Å². The molecule has 1 aliphatic heterocycles. The fourth-order valence-electron chi connectivity index (χ4n) is 2.12. The lowest BCUT2D eigenvalue weighted by Gasteiger charge is -2.18.